The van der Waals surface area contributed by atoms with Crippen LogP contribution in [0.3, 0.4) is 0 Å². The van der Waals surface area contributed by atoms with E-state index in [1.807, 2.05) is 30.3 Å². The molecular weight excluding hydrogens is 298 g/mol. The van der Waals surface area contributed by atoms with E-state index >= 15 is 0 Å². The molecule has 0 aliphatic carbocycles. The molecule has 0 aliphatic rings. The Bertz CT molecular complexity index is 660. The van der Waals surface area contributed by atoms with E-state index in [1.54, 1.807) is 24.3 Å². The molecule has 0 saturated carbocycles. The van der Waals surface area contributed by atoms with Gasteiger partial charge in [-0.15, -0.1) is 0 Å². The number of hydrogen-bond donors (Lipinski definition) is 0. The number of allylic oxidation sites excluding steroid dienone is 1. The van der Waals surface area contributed by atoms with Gasteiger partial charge in [0.25, 0.3) is 6.08 Å². The number of hydrogen-bond acceptors (Lipinski definition) is 2. The SMILES string of the molecule is COC(=O)c1ccc(C(C=C(F)F)CCc2ccccc2)cc1. The van der Waals surface area contributed by atoms with E-state index in [0.29, 0.717) is 18.4 Å². The highest BCUT2D eigenvalue weighted by Gasteiger charge is 2.13. The van der Waals surface area contributed by atoms with Crippen LogP contribution in [0.1, 0.15) is 33.8 Å². The maximum Gasteiger partial charge on any atom is 0.337 e. The van der Waals surface area contributed by atoms with E-state index in [1.165, 1.54) is 7.11 Å². The topological polar surface area (TPSA) is 26.3 Å². The lowest BCUT2D eigenvalue weighted by atomic mass is 9.91. The molecule has 2 aromatic carbocycles. The average Bonchev–Trinajstić information content (AvgIpc) is 2.58. The van der Waals surface area contributed by atoms with Crippen LogP contribution in [0.5, 0.6) is 0 Å². The zero-order valence-corrected chi connectivity index (χ0v) is 12.8. The molecule has 1 atom stereocenters. The number of esters is 1. The zero-order chi connectivity index (χ0) is 16.7. The Kier molecular flexibility index (Phi) is 6.03. The van der Waals surface area contributed by atoms with Crippen molar-refractivity contribution in [1.82, 2.24) is 0 Å². The molecule has 0 aromatic heterocycles. The number of carbonyl (C=O) groups excluding carboxylic acids is 1. The van der Waals surface area contributed by atoms with Crippen LogP contribution >= 0.6 is 0 Å². The van der Waals surface area contributed by atoms with Crippen molar-refractivity contribution in [2.45, 2.75) is 18.8 Å². The van der Waals surface area contributed by atoms with Gasteiger partial charge in [0, 0.05) is 5.92 Å². The zero-order valence-electron chi connectivity index (χ0n) is 12.8. The molecule has 2 aromatic rings. The Hall–Kier alpha value is -2.49. The molecule has 2 nitrogen and oxygen atoms in total. The molecule has 0 saturated heterocycles. The van der Waals surface area contributed by atoms with Gasteiger partial charge in [-0.1, -0.05) is 42.5 Å². The second-order valence-electron chi connectivity index (χ2n) is 5.20. The highest BCUT2D eigenvalue weighted by atomic mass is 19.3. The molecular formula is C19H18F2O2. The Morgan fingerprint density at radius 1 is 1.09 bits per heavy atom. The summed E-state index contributed by atoms with van der Waals surface area (Å²) < 4.78 is 30.1. The van der Waals surface area contributed by atoms with Crippen LogP contribution in [0.2, 0.25) is 0 Å². The molecule has 4 heteroatoms. The number of aryl methyl sites for hydroxylation is 1. The summed E-state index contributed by atoms with van der Waals surface area (Å²) in [5.41, 5.74) is 2.26. The van der Waals surface area contributed by atoms with E-state index in [4.69, 9.17) is 0 Å². The van der Waals surface area contributed by atoms with Gasteiger partial charge < -0.3 is 4.74 Å². The van der Waals surface area contributed by atoms with Gasteiger partial charge in [-0.05, 0) is 42.2 Å². The average molecular weight is 316 g/mol. The summed E-state index contributed by atoms with van der Waals surface area (Å²) in [5.74, 6) is -0.837. The van der Waals surface area contributed by atoms with Crippen molar-refractivity contribution in [3.8, 4) is 0 Å². The summed E-state index contributed by atoms with van der Waals surface area (Å²) >= 11 is 0. The summed E-state index contributed by atoms with van der Waals surface area (Å²) in [5, 5.41) is 0. The monoisotopic (exact) mass is 316 g/mol. The van der Waals surface area contributed by atoms with Crippen molar-refractivity contribution in [1.29, 1.82) is 0 Å². The van der Waals surface area contributed by atoms with Crippen molar-refractivity contribution in [3.05, 3.63) is 83.4 Å². The van der Waals surface area contributed by atoms with Gasteiger partial charge in [0.05, 0.1) is 12.7 Å². The fourth-order valence-electron chi connectivity index (χ4n) is 2.45. The molecule has 0 heterocycles. The third kappa shape index (κ3) is 5.02. The van der Waals surface area contributed by atoms with Crippen molar-refractivity contribution >= 4 is 5.97 Å². The van der Waals surface area contributed by atoms with Crippen LogP contribution in [0.15, 0.2) is 66.8 Å². The molecule has 2 rings (SSSR count). The Morgan fingerprint density at radius 2 is 1.74 bits per heavy atom. The standard InChI is InChI=1S/C19H18F2O2/c1-23-19(22)16-11-9-15(10-12-16)17(13-18(20)21)8-7-14-5-3-2-4-6-14/h2-6,9-13,17H,7-8H2,1H3. The lowest BCUT2D eigenvalue weighted by Gasteiger charge is -2.13. The molecule has 0 amide bonds. The van der Waals surface area contributed by atoms with Crippen LogP contribution in [-0.2, 0) is 11.2 Å². The van der Waals surface area contributed by atoms with Gasteiger partial charge in [0.1, 0.15) is 0 Å². The van der Waals surface area contributed by atoms with E-state index in [-0.39, 0.29) is 0 Å². The van der Waals surface area contributed by atoms with Crippen LogP contribution in [0.25, 0.3) is 0 Å². The van der Waals surface area contributed by atoms with Crippen LogP contribution in [0, 0.1) is 0 Å². The Labute approximate surface area is 134 Å². The van der Waals surface area contributed by atoms with Crippen LogP contribution < -0.4 is 0 Å². The molecule has 1 unspecified atom stereocenters. The summed E-state index contributed by atoms with van der Waals surface area (Å²) in [6.07, 6.45) is 0.545. The maximum atomic E-state index is 12.7. The molecule has 0 bridgehead atoms. The Morgan fingerprint density at radius 3 is 2.30 bits per heavy atom. The molecule has 23 heavy (non-hydrogen) atoms. The normalized spacial score (nSPS) is 11.6. The smallest absolute Gasteiger partial charge is 0.337 e. The lowest BCUT2D eigenvalue weighted by molar-refractivity contribution is 0.0600. The molecule has 0 spiro atoms. The summed E-state index contributed by atoms with van der Waals surface area (Å²) in [6.45, 7) is 0. The minimum Gasteiger partial charge on any atom is -0.465 e. The van der Waals surface area contributed by atoms with Crippen molar-refractivity contribution in [3.63, 3.8) is 0 Å². The number of benzene rings is 2. The third-order valence-electron chi connectivity index (χ3n) is 3.67. The van der Waals surface area contributed by atoms with E-state index in [9.17, 15) is 13.6 Å². The fraction of sp³-hybridized carbons (Fsp3) is 0.211. The third-order valence-corrected chi connectivity index (χ3v) is 3.67. The first kappa shape index (κ1) is 16.9. The van der Waals surface area contributed by atoms with Gasteiger partial charge in [-0.2, -0.15) is 8.78 Å². The molecule has 0 aliphatic heterocycles. The second-order valence-corrected chi connectivity index (χ2v) is 5.20. The minimum atomic E-state index is -1.69. The molecule has 0 radical (unpaired) electrons. The first-order valence-corrected chi connectivity index (χ1v) is 7.35. The van der Waals surface area contributed by atoms with Gasteiger partial charge in [-0.25, -0.2) is 4.79 Å². The first-order valence-electron chi connectivity index (χ1n) is 7.35. The number of methoxy groups -OCH3 is 1. The number of ether oxygens (including phenoxy) is 1. The number of carbonyl (C=O) groups is 1. The van der Waals surface area contributed by atoms with Gasteiger partial charge >= 0.3 is 5.97 Å². The highest BCUT2D eigenvalue weighted by Crippen LogP contribution is 2.26. The maximum absolute atomic E-state index is 12.7. The quantitative estimate of drug-likeness (QED) is 0.703. The number of rotatable bonds is 6. The van der Waals surface area contributed by atoms with Crippen LogP contribution in [-0.4, -0.2) is 13.1 Å². The number of halogens is 2. The summed E-state index contributed by atoms with van der Waals surface area (Å²) in [7, 11) is 1.31. The molecule has 0 N–H and O–H groups in total. The van der Waals surface area contributed by atoms with Crippen molar-refractivity contribution < 1.29 is 18.3 Å². The van der Waals surface area contributed by atoms with Crippen LogP contribution in [0.4, 0.5) is 8.78 Å². The lowest BCUT2D eigenvalue weighted by Crippen LogP contribution is -2.03. The summed E-state index contributed by atoms with van der Waals surface area (Å²) in [6, 6.07) is 16.3. The fourth-order valence-corrected chi connectivity index (χ4v) is 2.45. The second kappa shape index (κ2) is 8.22. The highest BCUT2D eigenvalue weighted by molar-refractivity contribution is 5.89. The van der Waals surface area contributed by atoms with E-state index < -0.39 is 18.0 Å². The van der Waals surface area contributed by atoms with Crippen molar-refractivity contribution in [2.24, 2.45) is 0 Å². The predicted molar refractivity (Wildman–Crippen MR) is 85.6 cm³/mol. The molecule has 120 valence electrons. The molecule has 0 fully saturated rings. The summed E-state index contributed by atoms with van der Waals surface area (Å²) in [4.78, 5) is 11.4. The van der Waals surface area contributed by atoms with E-state index in [0.717, 1.165) is 17.2 Å². The van der Waals surface area contributed by atoms with Crippen molar-refractivity contribution in [2.75, 3.05) is 7.11 Å². The van der Waals surface area contributed by atoms with Gasteiger partial charge in [0.15, 0.2) is 0 Å². The van der Waals surface area contributed by atoms with Gasteiger partial charge in [-0.3, -0.25) is 0 Å². The van der Waals surface area contributed by atoms with E-state index in [2.05, 4.69) is 4.74 Å². The Balaban J connectivity index is 2.14. The largest absolute Gasteiger partial charge is 0.465 e. The predicted octanol–water partition coefficient (Wildman–Crippen LogP) is 4.97. The van der Waals surface area contributed by atoms with Gasteiger partial charge in [0.2, 0.25) is 0 Å². The minimum absolute atomic E-state index is 0.396. The first-order chi connectivity index (χ1) is 11.1.